The number of alkyl halides is 2. The van der Waals surface area contributed by atoms with E-state index in [1.807, 2.05) is 24.3 Å². The van der Waals surface area contributed by atoms with Crippen LogP contribution in [0.2, 0.25) is 10.0 Å². The summed E-state index contributed by atoms with van der Waals surface area (Å²) in [7, 11) is 0. The third kappa shape index (κ3) is 3.82. The van der Waals surface area contributed by atoms with Gasteiger partial charge in [-0.1, -0.05) is 79.3 Å². The second kappa shape index (κ2) is 7.45. The lowest BCUT2D eigenvalue weighted by atomic mass is 9.79. The summed E-state index contributed by atoms with van der Waals surface area (Å²) < 4.78 is 14.2. The number of benzene rings is 2. The van der Waals surface area contributed by atoms with Gasteiger partial charge in [-0.05, 0) is 35.7 Å². The molecule has 112 valence electrons. The molecule has 2 aromatic carbocycles. The minimum absolute atomic E-state index is 0.154. The molecule has 2 aromatic rings. The molecule has 0 amide bonds. The van der Waals surface area contributed by atoms with Gasteiger partial charge in [-0.3, -0.25) is 0 Å². The van der Waals surface area contributed by atoms with Crippen LogP contribution < -0.4 is 0 Å². The van der Waals surface area contributed by atoms with E-state index in [0.717, 1.165) is 5.56 Å². The molecule has 0 aliphatic rings. The number of rotatable bonds is 5. The molecule has 21 heavy (non-hydrogen) atoms. The van der Waals surface area contributed by atoms with Gasteiger partial charge in [0.05, 0.1) is 5.02 Å². The lowest BCUT2D eigenvalue weighted by Gasteiger charge is -2.31. The Morgan fingerprint density at radius 1 is 0.952 bits per heavy atom. The Balaban J connectivity index is 2.43. The molecule has 0 bridgehead atoms. The van der Waals surface area contributed by atoms with Gasteiger partial charge in [-0.15, -0.1) is 0 Å². The molecule has 0 aliphatic carbocycles. The molecule has 0 unspecified atom stereocenters. The normalized spacial score (nSPS) is 11.7. The van der Waals surface area contributed by atoms with Gasteiger partial charge in [-0.25, -0.2) is 4.39 Å². The van der Waals surface area contributed by atoms with Crippen LogP contribution in [0.4, 0.5) is 4.39 Å². The molecule has 0 atom stereocenters. The highest BCUT2D eigenvalue weighted by molar-refractivity contribution is 9.09. The van der Waals surface area contributed by atoms with Gasteiger partial charge in [0.2, 0.25) is 0 Å². The van der Waals surface area contributed by atoms with E-state index in [2.05, 4.69) is 31.9 Å². The maximum absolute atomic E-state index is 14.2. The van der Waals surface area contributed by atoms with Crippen molar-refractivity contribution in [1.29, 1.82) is 0 Å². The first-order chi connectivity index (χ1) is 10.0. The first-order valence-electron chi connectivity index (χ1n) is 6.33. The molecule has 0 saturated heterocycles. The molecule has 0 aromatic heterocycles. The first-order valence-corrected chi connectivity index (χ1v) is 9.33. The third-order valence-electron chi connectivity index (χ3n) is 3.53. The lowest BCUT2D eigenvalue weighted by molar-refractivity contribution is 0.523. The highest BCUT2D eigenvalue weighted by Crippen LogP contribution is 2.35. The number of hydrogen-bond acceptors (Lipinski definition) is 0. The van der Waals surface area contributed by atoms with Gasteiger partial charge in [-0.2, -0.15) is 0 Å². The third-order valence-corrected chi connectivity index (χ3v) is 6.22. The fourth-order valence-corrected chi connectivity index (χ4v) is 4.53. The van der Waals surface area contributed by atoms with E-state index >= 15 is 0 Å². The van der Waals surface area contributed by atoms with E-state index in [-0.39, 0.29) is 16.3 Å². The van der Waals surface area contributed by atoms with Crippen molar-refractivity contribution >= 4 is 55.1 Å². The van der Waals surface area contributed by atoms with Gasteiger partial charge in [0.1, 0.15) is 5.82 Å². The minimum atomic E-state index is -0.348. The molecule has 0 saturated carbocycles. The standard InChI is InChI=1S/C16H13Br2Cl2F/c17-9-16(10-18,12-4-6-13(19)7-5-12)8-11-2-1-3-14(20)15(11)21/h1-7H,8-10H2. The van der Waals surface area contributed by atoms with Crippen LogP contribution in [0.1, 0.15) is 11.1 Å². The van der Waals surface area contributed by atoms with Crippen LogP contribution in [0.3, 0.4) is 0 Å². The zero-order chi connectivity index (χ0) is 15.5. The van der Waals surface area contributed by atoms with Gasteiger partial charge in [0.25, 0.3) is 0 Å². The van der Waals surface area contributed by atoms with E-state index in [0.29, 0.717) is 27.7 Å². The van der Waals surface area contributed by atoms with Crippen LogP contribution in [-0.4, -0.2) is 10.7 Å². The van der Waals surface area contributed by atoms with Crippen molar-refractivity contribution in [1.82, 2.24) is 0 Å². The second-order valence-corrected chi connectivity index (χ2v) is 6.91. The summed E-state index contributed by atoms with van der Waals surface area (Å²) in [5.74, 6) is -0.348. The van der Waals surface area contributed by atoms with Crippen LogP contribution in [0, 0.1) is 5.82 Å². The lowest BCUT2D eigenvalue weighted by Crippen LogP contribution is -2.33. The molecule has 5 heteroatoms. The van der Waals surface area contributed by atoms with Crippen LogP contribution >= 0.6 is 55.1 Å². The van der Waals surface area contributed by atoms with Crippen molar-refractivity contribution < 1.29 is 4.39 Å². The summed E-state index contributed by atoms with van der Waals surface area (Å²) >= 11 is 19.0. The number of hydrogen-bond donors (Lipinski definition) is 0. The average molecular weight is 455 g/mol. The van der Waals surface area contributed by atoms with Gasteiger partial charge >= 0.3 is 0 Å². The Hall–Kier alpha value is -0.0900. The maximum Gasteiger partial charge on any atom is 0.145 e. The van der Waals surface area contributed by atoms with Gasteiger partial charge in [0, 0.05) is 21.1 Å². The molecule has 0 nitrogen and oxygen atoms in total. The van der Waals surface area contributed by atoms with E-state index in [4.69, 9.17) is 23.2 Å². The van der Waals surface area contributed by atoms with Crippen molar-refractivity contribution in [2.45, 2.75) is 11.8 Å². The molecular weight excluding hydrogens is 442 g/mol. The van der Waals surface area contributed by atoms with Crippen molar-refractivity contribution in [3.05, 3.63) is 69.5 Å². The largest absolute Gasteiger partial charge is 0.205 e. The Labute approximate surface area is 150 Å². The highest BCUT2D eigenvalue weighted by Gasteiger charge is 2.31. The predicted molar refractivity (Wildman–Crippen MR) is 95.8 cm³/mol. The SMILES string of the molecule is Fc1c(Cl)cccc1CC(CBr)(CBr)c1ccc(Cl)cc1. The van der Waals surface area contributed by atoms with Crippen molar-refractivity contribution in [3.63, 3.8) is 0 Å². The summed E-state index contributed by atoms with van der Waals surface area (Å²) in [4.78, 5) is 0. The monoisotopic (exact) mass is 452 g/mol. The molecule has 0 aliphatic heterocycles. The fraction of sp³-hybridized carbons (Fsp3) is 0.250. The minimum Gasteiger partial charge on any atom is -0.205 e. The zero-order valence-electron chi connectivity index (χ0n) is 11.1. The van der Waals surface area contributed by atoms with E-state index in [9.17, 15) is 4.39 Å². The quantitative estimate of drug-likeness (QED) is 0.458. The summed E-state index contributed by atoms with van der Waals surface area (Å²) in [5.41, 5.74) is 1.44. The van der Waals surface area contributed by atoms with Gasteiger partial charge in [0.15, 0.2) is 0 Å². The van der Waals surface area contributed by atoms with Crippen LogP contribution in [-0.2, 0) is 11.8 Å². The van der Waals surface area contributed by atoms with Crippen molar-refractivity contribution in [2.75, 3.05) is 10.7 Å². The van der Waals surface area contributed by atoms with Crippen molar-refractivity contribution in [2.24, 2.45) is 0 Å². The van der Waals surface area contributed by atoms with Crippen LogP contribution in [0.5, 0.6) is 0 Å². The molecule has 2 rings (SSSR count). The van der Waals surface area contributed by atoms with E-state index < -0.39 is 0 Å². The summed E-state index contributed by atoms with van der Waals surface area (Å²) in [6.45, 7) is 0. The van der Waals surface area contributed by atoms with Crippen LogP contribution in [0.15, 0.2) is 42.5 Å². The molecule has 0 heterocycles. The second-order valence-electron chi connectivity index (χ2n) is 4.94. The highest BCUT2D eigenvalue weighted by atomic mass is 79.9. The molecule has 0 fully saturated rings. The van der Waals surface area contributed by atoms with E-state index in [1.54, 1.807) is 18.2 Å². The molecule has 0 spiro atoms. The average Bonchev–Trinajstić information content (AvgIpc) is 2.50. The first kappa shape index (κ1) is 17.3. The molecule has 0 N–H and O–H groups in total. The summed E-state index contributed by atoms with van der Waals surface area (Å²) in [6.07, 6.45) is 0.539. The Kier molecular flexibility index (Phi) is 6.13. The zero-order valence-corrected chi connectivity index (χ0v) is 15.7. The van der Waals surface area contributed by atoms with E-state index in [1.165, 1.54) is 0 Å². The molecule has 0 radical (unpaired) electrons. The number of halogens is 5. The smallest absolute Gasteiger partial charge is 0.145 e. The fourth-order valence-electron chi connectivity index (χ4n) is 2.24. The Bertz CT molecular complexity index is 610. The molecular formula is C16H13Br2Cl2F. The predicted octanol–water partition coefficient (Wildman–Crippen LogP) is 6.40. The summed E-state index contributed by atoms with van der Waals surface area (Å²) in [6, 6.07) is 12.8. The topological polar surface area (TPSA) is 0 Å². The van der Waals surface area contributed by atoms with Gasteiger partial charge < -0.3 is 0 Å². The summed E-state index contributed by atoms with van der Waals surface area (Å²) in [5, 5.41) is 2.23. The van der Waals surface area contributed by atoms with Crippen LogP contribution in [0.25, 0.3) is 0 Å². The maximum atomic E-state index is 14.2. The Morgan fingerprint density at radius 3 is 2.14 bits per heavy atom. The Morgan fingerprint density at radius 2 is 1.57 bits per heavy atom. The van der Waals surface area contributed by atoms with Crippen molar-refractivity contribution in [3.8, 4) is 0 Å².